The fourth-order valence-corrected chi connectivity index (χ4v) is 4.67. The van der Waals surface area contributed by atoms with E-state index in [0.717, 1.165) is 33.1 Å². The number of aryl methyl sites for hydroxylation is 1. The normalized spacial score (nSPS) is 19.0. The second kappa shape index (κ2) is 8.59. The van der Waals surface area contributed by atoms with Crippen LogP contribution in [0.15, 0.2) is 75.2 Å². The molecule has 3 aromatic rings. The predicted octanol–water partition coefficient (Wildman–Crippen LogP) is 5.76. The van der Waals surface area contributed by atoms with Crippen LogP contribution < -0.4 is 5.32 Å². The van der Waals surface area contributed by atoms with Crippen LogP contribution in [0.2, 0.25) is 0 Å². The quantitative estimate of drug-likeness (QED) is 0.508. The minimum absolute atomic E-state index is 0.0211. The van der Waals surface area contributed by atoms with Crippen LogP contribution in [0.1, 0.15) is 42.9 Å². The minimum atomic E-state index is -0.0363. The van der Waals surface area contributed by atoms with E-state index < -0.39 is 0 Å². The molecule has 1 fully saturated rings. The van der Waals surface area contributed by atoms with Crippen LogP contribution in [0.3, 0.4) is 0 Å². The summed E-state index contributed by atoms with van der Waals surface area (Å²) in [5, 5.41) is 5.10. The smallest absolute Gasteiger partial charge is 0.170 e. The summed E-state index contributed by atoms with van der Waals surface area (Å²) in [5.41, 5.74) is 2.22. The molecule has 150 valence electrons. The van der Waals surface area contributed by atoms with Gasteiger partial charge in [0, 0.05) is 17.6 Å². The van der Waals surface area contributed by atoms with Gasteiger partial charge >= 0.3 is 0 Å². The number of hydrogen-bond acceptors (Lipinski definition) is 4. The molecule has 0 amide bonds. The molecule has 2 aromatic heterocycles. The summed E-state index contributed by atoms with van der Waals surface area (Å²) in [4.78, 5) is 7.97. The van der Waals surface area contributed by atoms with E-state index in [0.29, 0.717) is 5.92 Å². The molecule has 1 aliphatic heterocycles. The first-order valence-corrected chi connectivity index (χ1v) is 11.1. The number of benzene rings is 1. The number of hydrogen-bond donors (Lipinski definition) is 1. The molecular weight excluding hydrogens is 398 g/mol. The van der Waals surface area contributed by atoms with Crippen molar-refractivity contribution in [2.24, 2.45) is 5.92 Å². The molecular formula is C23H25N3OS2. The molecule has 3 heterocycles. The van der Waals surface area contributed by atoms with Gasteiger partial charge in [0.1, 0.15) is 11.8 Å². The van der Waals surface area contributed by atoms with Crippen molar-refractivity contribution in [3.05, 3.63) is 77.8 Å². The van der Waals surface area contributed by atoms with Crippen molar-refractivity contribution in [1.82, 2.24) is 15.2 Å². The Hall–Kier alpha value is -2.31. The van der Waals surface area contributed by atoms with Gasteiger partial charge in [-0.25, -0.2) is 0 Å². The van der Waals surface area contributed by atoms with Crippen molar-refractivity contribution < 1.29 is 4.42 Å². The fourth-order valence-electron chi connectivity index (χ4n) is 3.58. The third kappa shape index (κ3) is 4.49. The molecule has 0 radical (unpaired) electrons. The first-order chi connectivity index (χ1) is 14.0. The highest BCUT2D eigenvalue weighted by molar-refractivity contribution is 7.99. The first-order valence-electron chi connectivity index (χ1n) is 9.83. The van der Waals surface area contributed by atoms with E-state index in [9.17, 15) is 0 Å². The van der Waals surface area contributed by atoms with E-state index in [1.165, 1.54) is 5.56 Å². The average Bonchev–Trinajstić information content (AvgIpc) is 3.28. The summed E-state index contributed by atoms with van der Waals surface area (Å²) >= 11 is 7.31. The lowest BCUT2D eigenvalue weighted by Crippen LogP contribution is -2.32. The Kier molecular flexibility index (Phi) is 5.92. The van der Waals surface area contributed by atoms with Gasteiger partial charge in [-0.3, -0.25) is 4.98 Å². The van der Waals surface area contributed by atoms with E-state index in [4.69, 9.17) is 16.6 Å². The van der Waals surface area contributed by atoms with Crippen molar-refractivity contribution in [3.8, 4) is 0 Å². The molecule has 4 nitrogen and oxygen atoms in total. The number of nitrogens with one attached hydrogen (secondary N) is 1. The van der Waals surface area contributed by atoms with Crippen molar-refractivity contribution in [2.75, 3.05) is 6.54 Å². The van der Waals surface area contributed by atoms with Gasteiger partial charge in [-0.15, -0.1) is 0 Å². The van der Waals surface area contributed by atoms with Crippen molar-refractivity contribution in [1.29, 1.82) is 0 Å². The second-order valence-corrected chi connectivity index (χ2v) is 9.21. The van der Waals surface area contributed by atoms with Crippen LogP contribution in [-0.4, -0.2) is 21.5 Å². The zero-order valence-corrected chi connectivity index (χ0v) is 18.5. The first kappa shape index (κ1) is 20.0. The minimum Gasteiger partial charge on any atom is -0.452 e. The van der Waals surface area contributed by atoms with Crippen LogP contribution in [0, 0.1) is 12.8 Å². The Morgan fingerprint density at radius 1 is 1.14 bits per heavy atom. The number of aromatic nitrogens is 1. The molecule has 29 heavy (non-hydrogen) atoms. The zero-order chi connectivity index (χ0) is 20.4. The summed E-state index contributed by atoms with van der Waals surface area (Å²) in [7, 11) is 0. The van der Waals surface area contributed by atoms with Gasteiger partial charge < -0.3 is 14.6 Å². The molecule has 2 atom stereocenters. The highest BCUT2D eigenvalue weighted by Crippen LogP contribution is 2.41. The van der Waals surface area contributed by atoms with E-state index in [2.05, 4.69) is 66.3 Å². The van der Waals surface area contributed by atoms with Gasteiger partial charge in [0.15, 0.2) is 10.2 Å². The number of furan rings is 1. The second-order valence-electron chi connectivity index (χ2n) is 7.74. The van der Waals surface area contributed by atoms with Crippen LogP contribution in [0.5, 0.6) is 0 Å². The molecule has 0 bridgehead atoms. The molecule has 6 heteroatoms. The third-order valence-electron chi connectivity index (χ3n) is 4.89. The average molecular weight is 424 g/mol. The Bertz CT molecular complexity index is 969. The maximum absolute atomic E-state index is 6.31. The maximum atomic E-state index is 6.31. The maximum Gasteiger partial charge on any atom is 0.170 e. The number of thiocarbonyl (C=S) groups is 1. The molecule has 0 saturated carbocycles. The zero-order valence-electron chi connectivity index (χ0n) is 16.8. The molecule has 1 saturated heterocycles. The summed E-state index contributed by atoms with van der Waals surface area (Å²) < 4.78 is 6.31. The summed E-state index contributed by atoms with van der Waals surface area (Å²) in [6.45, 7) is 7.36. The highest BCUT2D eigenvalue weighted by atomic mass is 32.2. The Morgan fingerprint density at radius 3 is 2.62 bits per heavy atom. The predicted molar refractivity (Wildman–Crippen MR) is 121 cm³/mol. The van der Waals surface area contributed by atoms with Crippen molar-refractivity contribution in [2.45, 2.75) is 42.8 Å². The topological polar surface area (TPSA) is 41.3 Å². The summed E-state index contributed by atoms with van der Waals surface area (Å²) in [5.74, 6) is 1.39. The van der Waals surface area contributed by atoms with Gasteiger partial charge in [-0.05, 0) is 61.5 Å². The van der Waals surface area contributed by atoms with Crippen LogP contribution in [-0.2, 0) is 0 Å². The van der Waals surface area contributed by atoms with Gasteiger partial charge in [-0.1, -0.05) is 49.4 Å². The van der Waals surface area contributed by atoms with Crippen LogP contribution >= 0.6 is 24.0 Å². The van der Waals surface area contributed by atoms with E-state index >= 15 is 0 Å². The lowest BCUT2D eigenvalue weighted by atomic mass is 10.0. The van der Waals surface area contributed by atoms with Crippen LogP contribution in [0.4, 0.5) is 0 Å². The SMILES string of the molecule is Cc1ccc(Sc2ccc([C@@H]3[C@H](c4ccccn4)NC(=S)N3CC(C)C)o2)cc1. The number of pyridine rings is 1. The third-order valence-corrected chi connectivity index (χ3v) is 6.17. The Balaban J connectivity index is 1.64. The molecule has 1 aliphatic rings. The van der Waals surface area contributed by atoms with E-state index in [1.54, 1.807) is 11.8 Å². The Labute approximate surface area is 181 Å². The lowest BCUT2D eigenvalue weighted by molar-refractivity contribution is 0.242. The molecule has 4 rings (SSSR count). The molecule has 1 N–H and O–H groups in total. The molecule has 0 aliphatic carbocycles. The van der Waals surface area contributed by atoms with Crippen LogP contribution in [0.25, 0.3) is 0 Å². The lowest BCUT2D eigenvalue weighted by Gasteiger charge is -2.27. The van der Waals surface area contributed by atoms with Crippen molar-refractivity contribution in [3.63, 3.8) is 0 Å². The summed E-state index contributed by atoms with van der Waals surface area (Å²) in [6, 6.07) is 18.5. The van der Waals surface area contributed by atoms with Gasteiger partial charge in [0.2, 0.25) is 0 Å². The largest absolute Gasteiger partial charge is 0.452 e. The highest BCUT2D eigenvalue weighted by Gasteiger charge is 2.41. The van der Waals surface area contributed by atoms with Gasteiger partial charge in [0.25, 0.3) is 0 Å². The van der Waals surface area contributed by atoms with E-state index in [-0.39, 0.29) is 12.1 Å². The standard InChI is InChI=1S/C23H25N3OS2/c1-15(2)14-26-22(21(25-23(26)28)18-6-4-5-13-24-18)19-11-12-20(27-19)29-17-9-7-16(3)8-10-17/h4-13,15,21-22H,14H2,1-3H3,(H,25,28)/t21-,22+/m0/s1. The van der Waals surface area contributed by atoms with Gasteiger partial charge in [0.05, 0.1) is 11.7 Å². The monoisotopic (exact) mass is 423 g/mol. The number of rotatable bonds is 6. The van der Waals surface area contributed by atoms with Gasteiger partial charge in [-0.2, -0.15) is 0 Å². The molecule has 1 aromatic carbocycles. The molecule has 0 unspecified atom stereocenters. The number of nitrogens with zero attached hydrogens (tertiary/aromatic N) is 2. The Morgan fingerprint density at radius 2 is 1.93 bits per heavy atom. The van der Waals surface area contributed by atoms with E-state index in [1.807, 2.05) is 30.5 Å². The fraction of sp³-hybridized carbons (Fsp3) is 0.304. The summed E-state index contributed by atoms with van der Waals surface area (Å²) in [6.07, 6.45) is 1.82. The van der Waals surface area contributed by atoms with Crippen molar-refractivity contribution >= 4 is 29.1 Å². The molecule has 0 spiro atoms.